The van der Waals surface area contributed by atoms with E-state index in [-0.39, 0.29) is 31.1 Å². The Kier molecular flexibility index (Phi) is 38.0. The molecule has 0 aliphatic carbocycles. The van der Waals surface area contributed by atoms with Crippen molar-refractivity contribution < 1.29 is 28.6 Å². The lowest BCUT2D eigenvalue weighted by atomic mass is 10.1. The molecule has 0 aromatic carbocycles. The van der Waals surface area contributed by atoms with E-state index in [0.29, 0.717) is 19.3 Å². The lowest BCUT2D eigenvalue weighted by molar-refractivity contribution is -0.167. The molecule has 0 aromatic heterocycles. The zero-order valence-corrected chi connectivity index (χ0v) is 33.2. The Bertz CT molecular complexity index is 819. The Hall–Kier alpha value is -2.11. The third-order valence-corrected chi connectivity index (χ3v) is 9.24. The standard InChI is InChI=1S/C44H80O6/c1-4-7-10-13-16-19-22-25-28-31-34-37-43(46)49-40-41(39-48-42(45)36-33-30-27-24-21-18-15-12-9-6-3)50-44(47)38-35-32-29-26-23-20-17-14-11-8-5-2/h13,16,19,22,41H,4-12,14-15,17-18,20-21,23-40H2,1-3H3/b16-13-,22-19-. The van der Waals surface area contributed by atoms with E-state index >= 15 is 0 Å². The van der Waals surface area contributed by atoms with Crippen LogP contribution in [0.3, 0.4) is 0 Å². The van der Waals surface area contributed by atoms with Gasteiger partial charge >= 0.3 is 17.9 Å². The van der Waals surface area contributed by atoms with Gasteiger partial charge in [-0.15, -0.1) is 0 Å². The number of rotatable bonds is 38. The molecule has 292 valence electrons. The van der Waals surface area contributed by atoms with Crippen LogP contribution in [0.15, 0.2) is 24.3 Å². The minimum absolute atomic E-state index is 0.0763. The summed E-state index contributed by atoms with van der Waals surface area (Å²) in [7, 11) is 0. The largest absolute Gasteiger partial charge is 0.462 e. The van der Waals surface area contributed by atoms with Crippen LogP contribution in [-0.2, 0) is 28.6 Å². The van der Waals surface area contributed by atoms with Crippen molar-refractivity contribution >= 4 is 17.9 Å². The van der Waals surface area contributed by atoms with Gasteiger partial charge < -0.3 is 14.2 Å². The van der Waals surface area contributed by atoms with Gasteiger partial charge in [0.05, 0.1) is 0 Å². The summed E-state index contributed by atoms with van der Waals surface area (Å²) < 4.78 is 16.6. The minimum Gasteiger partial charge on any atom is -0.462 e. The monoisotopic (exact) mass is 705 g/mol. The molecule has 0 heterocycles. The highest BCUT2D eigenvalue weighted by molar-refractivity contribution is 5.71. The zero-order chi connectivity index (χ0) is 36.6. The molecule has 0 spiro atoms. The normalized spacial score (nSPS) is 12.1. The van der Waals surface area contributed by atoms with Crippen molar-refractivity contribution in [3.8, 4) is 0 Å². The topological polar surface area (TPSA) is 78.9 Å². The quantitative estimate of drug-likeness (QED) is 0.0275. The second-order valence-electron chi connectivity index (χ2n) is 14.3. The van der Waals surface area contributed by atoms with Crippen LogP contribution in [0, 0.1) is 0 Å². The second kappa shape index (κ2) is 39.7. The van der Waals surface area contributed by atoms with Crippen LogP contribution in [0.25, 0.3) is 0 Å². The highest BCUT2D eigenvalue weighted by Gasteiger charge is 2.19. The maximum atomic E-state index is 12.6. The van der Waals surface area contributed by atoms with Gasteiger partial charge in [-0.1, -0.05) is 186 Å². The third kappa shape index (κ3) is 37.2. The number of hydrogen-bond acceptors (Lipinski definition) is 6. The van der Waals surface area contributed by atoms with Crippen molar-refractivity contribution in [1.82, 2.24) is 0 Å². The van der Waals surface area contributed by atoms with E-state index in [4.69, 9.17) is 14.2 Å². The number of unbranched alkanes of at least 4 members (excludes halogenated alkanes) is 24. The highest BCUT2D eigenvalue weighted by Crippen LogP contribution is 2.14. The fourth-order valence-corrected chi connectivity index (χ4v) is 5.95. The molecular weight excluding hydrogens is 624 g/mol. The van der Waals surface area contributed by atoms with Crippen molar-refractivity contribution in [2.24, 2.45) is 0 Å². The lowest BCUT2D eigenvalue weighted by Crippen LogP contribution is -2.30. The number of allylic oxidation sites excluding steroid dienone is 4. The number of carbonyl (C=O) groups is 3. The fraction of sp³-hybridized carbons (Fsp3) is 0.841. The molecule has 0 amide bonds. The van der Waals surface area contributed by atoms with Crippen molar-refractivity contribution in [3.63, 3.8) is 0 Å². The summed E-state index contributed by atoms with van der Waals surface area (Å²) in [5, 5.41) is 0. The Labute approximate surface area is 309 Å². The first-order valence-electron chi connectivity index (χ1n) is 21.4. The van der Waals surface area contributed by atoms with E-state index in [2.05, 4.69) is 45.1 Å². The molecule has 0 radical (unpaired) electrons. The molecule has 0 saturated carbocycles. The molecule has 1 atom stereocenters. The zero-order valence-electron chi connectivity index (χ0n) is 33.2. The van der Waals surface area contributed by atoms with Gasteiger partial charge in [0.1, 0.15) is 13.2 Å². The van der Waals surface area contributed by atoms with Crippen LogP contribution in [-0.4, -0.2) is 37.2 Å². The first-order chi connectivity index (χ1) is 24.5. The van der Waals surface area contributed by atoms with Crippen LogP contribution < -0.4 is 0 Å². The molecule has 0 N–H and O–H groups in total. The summed E-state index contributed by atoms with van der Waals surface area (Å²) in [6, 6.07) is 0. The van der Waals surface area contributed by atoms with E-state index in [1.165, 1.54) is 109 Å². The molecule has 6 nitrogen and oxygen atoms in total. The molecule has 0 aliphatic heterocycles. The summed E-state index contributed by atoms with van der Waals surface area (Å²) in [6.07, 6.45) is 41.6. The summed E-state index contributed by atoms with van der Waals surface area (Å²) in [5.74, 6) is -0.906. The average Bonchev–Trinajstić information content (AvgIpc) is 3.11. The van der Waals surface area contributed by atoms with Gasteiger partial charge in [0.2, 0.25) is 0 Å². The molecule has 6 heteroatoms. The first-order valence-corrected chi connectivity index (χ1v) is 21.4. The van der Waals surface area contributed by atoms with Gasteiger partial charge in [0, 0.05) is 19.3 Å². The SMILES string of the molecule is CCCC/C=C\C=C/CCCCCC(=O)OCC(COC(=O)CCCCCCCCCCCC)OC(=O)CCCCCCCCCCCCC. The number of carbonyl (C=O) groups excluding carboxylic acids is 3. The average molecular weight is 705 g/mol. The van der Waals surface area contributed by atoms with Gasteiger partial charge in [0.25, 0.3) is 0 Å². The Morgan fingerprint density at radius 1 is 0.400 bits per heavy atom. The molecule has 50 heavy (non-hydrogen) atoms. The van der Waals surface area contributed by atoms with E-state index in [0.717, 1.165) is 70.6 Å². The molecule has 0 fully saturated rings. The van der Waals surface area contributed by atoms with E-state index in [9.17, 15) is 14.4 Å². The number of esters is 3. The number of hydrogen-bond donors (Lipinski definition) is 0. The summed E-state index contributed by atoms with van der Waals surface area (Å²) in [6.45, 7) is 6.53. The van der Waals surface area contributed by atoms with Crippen LogP contribution in [0.2, 0.25) is 0 Å². The molecule has 0 aromatic rings. The molecule has 0 saturated heterocycles. The Morgan fingerprint density at radius 3 is 1.12 bits per heavy atom. The fourth-order valence-electron chi connectivity index (χ4n) is 5.95. The van der Waals surface area contributed by atoms with Crippen molar-refractivity contribution in [2.45, 2.75) is 226 Å². The van der Waals surface area contributed by atoms with Crippen molar-refractivity contribution in [1.29, 1.82) is 0 Å². The molecule has 0 bridgehead atoms. The Morgan fingerprint density at radius 2 is 0.720 bits per heavy atom. The number of ether oxygens (including phenoxy) is 3. The maximum absolute atomic E-state index is 12.6. The van der Waals surface area contributed by atoms with Crippen LogP contribution >= 0.6 is 0 Å². The Balaban J connectivity index is 4.40. The van der Waals surface area contributed by atoms with E-state index < -0.39 is 6.10 Å². The van der Waals surface area contributed by atoms with Gasteiger partial charge in [-0.05, 0) is 38.5 Å². The second-order valence-corrected chi connectivity index (χ2v) is 14.3. The van der Waals surface area contributed by atoms with Gasteiger partial charge in [-0.25, -0.2) is 0 Å². The molecular formula is C44H80O6. The van der Waals surface area contributed by atoms with Crippen molar-refractivity contribution in [3.05, 3.63) is 24.3 Å². The summed E-state index contributed by atoms with van der Waals surface area (Å²) in [5.41, 5.74) is 0. The van der Waals surface area contributed by atoms with Crippen LogP contribution in [0.5, 0.6) is 0 Å². The molecule has 0 rings (SSSR count). The van der Waals surface area contributed by atoms with Gasteiger partial charge in [0.15, 0.2) is 6.10 Å². The minimum atomic E-state index is -0.772. The van der Waals surface area contributed by atoms with Crippen molar-refractivity contribution in [2.75, 3.05) is 13.2 Å². The van der Waals surface area contributed by atoms with E-state index in [1.54, 1.807) is 0 Å². The maximum Gasteiger partial charge on any atom is 0.306 e. The molecule has 0 aliphatic rings. The lowest BCUT2D eigenvalue weighted by Gasteiger charge is -2.18. The van der Waals surface area contributed by atoms with E-state index in [1.807, 2.05) is 0 Å². The smallest absolute Gasteiger partial charge is 0.306 e. The summed E-state index contributed by atoms with van der Waals surface area (Å²) in [4.78, 5) is 37.5. The molecule has 1 unspecified atom stereocenters. The van der Waals surface area contributed by atoms with Gasteiger partial charge in [-0.2, -0.15) is 0 Å². The first kappa shape index (κ1) is 47.9. The predicted molar refractivity (Wildman–Crippen MR) is 210 cm³/mol. The predicted octanol–water partition coefficient (Wildman–Crippen LogP) is 13.2. The van der Waals surface area contributed by atoms with Gasteiger partial charge in [-0.3, -0.25) is 14.4 Å². The third-order valence-electron chi connectivity index (χ3n) is 9.24. The summed E-state index contributed by atoms with van der Waals surface area (Å²) >= 11 is 0. The highest BCUT2D eigenvalue weighted by atomic mass is 16.6. The van der Waals surface area contributed by atoms with Crippen LogP contribution in [0.1, 0.15) is 220 Å². The van der Waals surface area contributed by atoms with Crippen LogP contribution in [0.4, 0.5) is 0 Å².